The van der Waals surface area contributed by atoms with Crippen LogP contribution >= 0.6 is 0 Å². The highest BCUT2D eigenvalue weighted by molar-refractivity contribution is 5.88. The summed E-state index contributed by atoms with van der Waals surface area (Å²) >= 11 is 0. The van der Waals surface area contributed by atoms with Gasteiger partial charge in [-0.25, -0.2) is 0 Å². The molecule has 0 radical (unpaired) electrons. The van der Waals surface area contributed by atoms with E-state index in [0.29, 0.717) is 19.6 Å². The van der Waals surface area contributed by atoms with Gasteiger partial charge in [-0.3, -0.25) is 4.79 Å². The summed E-state index contributed by atoms with van der Waals surface area (Å²) in [5.74, 6) is -4.22. The molecule has 5 N–H and O–H groups in total. The van der Waals surface area contributed by atoms with E-state index in [4.69, 9.17) is 47.5 Å². The smallest absolute Gasteiger partial charge is 0.311 e. The van der Waals surface area contributed by atoms with Crippen LogP contribution in [0.4, 0.5) is 0 Å². The van der Waals surface area contributed by atoms with Crippen LogP contribution in [-0.2, 0) is 52.3 Å². The Morgan fingerprint density at radius 3 is 2.13 bits per heavy atom. The predicted octanol–water partition coefficient (Wildman–Crippen LogP) is 2.18. The van der Waals surface area contributed by atoms with Gasteiger partial charge in [0.05, 0.1) is 66.6 Å². The highest BCUT2D eigenvalue weighted by atomic mass is 16.8. The number of rotatable bonds is 15. The molecule has 60 heavy (non-hydrogen) atoms. The predicted molar refractivity (Wildman–Crippen MR) is 218 cm³/mol. The summed E-state index contributed by atoms with van der Waals surface area (Å²) in [6.45, 7) is 17.2. The molecule has 0 aliphatic carbocycles. The fourth-order valence-corrected chi connectivity index (χ4v) is 9.03. The number of hydrogen-bond acceptors (Lipinski definition) is 18. The van der Waals surface area contributed by atoms with Crippen LogP contribution in [0.15, 0.2) is 5.16 Å². The van der Waals surface area contributed by atoms with Gasteiger partial charge in [-0.2, -0.15) is 0 Å². The number of likely N-dealkylation sites (N-methyl/N-ethyl adjacent to an activating group) is 1. The van der Waals surface area contributed by atoms with Gasteiger partial charge < -0.3 is 77.9 Å². The van der Waals surface area contributed by atoms with Gasteiger partial charge in [0.2, 0.25) is 6.79 Å². The third-order valence-corrected chi connectivity index (χ3v) is 12.8. The molecule has 3 rings (SSSR count). The molecule has 18 atom stereocenters. The number of aliphatic hydroxyl groups is 5. The van der Waals surface area contributed by atoms with Crippen LogP contribution in [0.1, 0.15) is 94.9 Å². The molecule has 0 aromatic carbocycles. The van der Waals surface area contributed by atoms with Crippen molar-refractivity contribution in [1.29, 1.82) is 0 Å². The molecule has 0 bridgehead atoms. The van der Waals surface area contributed by atoms with Crippen molar-refractivity contribution in [3.63, 3.8) is 0 Å². The van der Waals surface area contributed by atoms with Crippen molar-refractivity contribution in [3.8, 4) is 0 Å². The zero-order chi connectivity index (χ0) is 45.3. The maximum absolute atomic E-state index is 14.4. The summed E-state index contributed by atoms with van der Waals surface area (Å²) in [6.07, 6.45) is -9.64. The Morgan fingerprint density at radius 1 is 0.867 bits per heavy atom. The Kier molecular flexibility index (Phi) is 20.1. The summed E-state index contributed by atoms with van der Waals surface area (Å²) in [7, 11) is 6.76. The van der Waals surface area contributed by atoms with E-state index in [1.54, 1.807) is 62.5 Å². The molecule has 3 fully saturated rings. The van der Waals surface area contributed by atoms with Crippen LogP contribution in [0.5, 0.6) is 0 Å². The van der Waals surface area contributed by atoms with Crippen LogP contribution in [0.25, 0.3) is 0 Å². The molecule has 3 aliphatic heterocycles. The van der Waals surface area contributed by atoms with E-state index < -0.39 is 102 Å². The van der Waals surface area contributed by atoms with E-state index in [-0.39, 0.29) is 50.7 Å². The number of esters is 1. The topological polar surface area (TPSA) is 226 Å². The Labute approximate surface area is 357 Å². The van der Waals surface area contributed by atoms with Gasteiger partial charge in [0.1, 0.15) is 23.9 Å². The van der Waals surface area contributed by atoms with E-state index in [1.807, 2.05) is 25.9 Å². The first-order chi connectivity index (χ1) is 28.0. The number of ether oxygens (including phenoxy) is 9. The van der Waals surface area contributed by atoms with Crippen molar-refractivity contribution in [1.82, 2.24) is 4.90 Å². The summed E-state index contributed by atoms with van der Waals surface area (Å²) in [5.41, 5.74) is -4.56. The summed E-state index contributed by atoms with van der Waals surface area (Å²) in [5, 5.41) is 63.7. The van der Waals surface area contributed by atoms with Crippen LogP contribution in [0.2, 0.25) is 0 Å². The van der Waals surface area contributed by atoms with Gasteiger partial charge in [0, 0.05) is 44.4 Å². The van der Waals surface area contributed by atoms with Gasteiger partial charge in [0.25, 0.3) is 0 Å². The van der Waals surface area contributed by atoms with Crippen molar-refractivity contribution in [3.05, 3.63) is 0 Å². The molecular weight excluding hydrogens is 788 g/mol. The highest BCUT2D eigenvalue weighted by Gasteiger charge is 2.53. The minimum Gasteiger partial charge on any atom is -0.459 e. The van der Waals surface area contributed by atoms with E-state index >= 15 is 0 Å². The van der Waals surface area contributed by atoms with Crippen molar-refractivity contribution < 1.29 is 77.8 Å². The lowest BCUT2D eigenvalue weighted by Crippen LogP contribution is -2.61. The zero-order valence-electron chi connectivity index (χ0n) is 38.4. The van der Waals surface area contributed by atoms with Crippen molar-refractivity contribution in [2.24, 2.45) is 28.8 Å². The van der Waals surface area contributed by atoms with E-state index in [9.17, 15) is 30.3 Å². The van der Waals surface area contributed by atoms with Crippen LogP contribution in [0.3, 0.4) is 0 Å². The molecule has 0 spiro atoms. The number of hydrogen-bond donors (Lipinski definition) is 5. The van der Waals surface area contributed by atoms with Gasteiger partial charge in [-0.1, -0.05) is 32.9 Å². The molecule has 0 amide bonds. The largest absolute Gasteiger partial charge is 0.459 e. The lowest BCUT2D eigenvalue weighted by atomic mass is 9.73. The third kappa shape index (κ3) is 13.0. The fourth-order valence-electron chi connectivity index (χ4n) is 9.03. The molecule has 0 aromatic heterocycles. The second-order valence-electron chi connectivity index (χ2n) is 18.1. The Hall–Kier alpha value is -1.62. The van der Waals surface area contributed by atoms with Crippen molar-refractivity contribution >= 4 is 11.7 Å². The Morgan fingerprint density at radius 2 is 1.53 bits per heavy atom. The molecule has 352 valence electrons. The van der Waals surface area contributed by atoms with Crippen molar-refractivity contribution in [2.45, 2.75) is 179 Å². The first-order valence-electron chi connectivity index (χ1n) is 21.3. The summed E-state index contributed by atoms with van der Waals surface area (Å²) in [6, 6.07) is -0.336. The molecule has 2 unspecified atom stereocenters. The number of cyclic esters (lactones) is 1. The number of carbonyl (C=O) groups excluding carboxylic acids is 1. The normalized spacial score (nSPS) is 44.7. The number of carbonyl (C=O) groups is 1. The first-order valence-corrected chi connectivity index (χ1v) is 21.3. The van der Waals surface area contributed by atoms with Crippen molar-refractivity contribution in [2.75, 3.05) is 55.1 Å². The van der Waals surface area contributed by atoms with Gasteiger partial charge in [0.15, 0.2) is 19.4 Å². The maximum atomic E-state index is 14.4. The molecule has 0 aromatic rings. The van der Waals surface area contributed by atoms with E-state index in [2.05, 4.69) is 5.16 Å². The van der Waals surface area contributed by atoms with E-state index in [1.165, 1.54) is 14.0 Å². The maximum Gasteiger partial charge on any atom is 0.311 e. The van der Waals surface area contributed by atoms with Gasteiger partial charge in [-0.05, 0) is 74.9 Å². The molecular formula is C42H78N2O16. The standard InChI is InChI=1S/C42H78N2O16/c1-15-30-42(10,50)35(46)25(4)32(43-55-22-54-21-53-17-16-51-13)23(2)19-40(8,49)37(60-39-33(45)29(44(11)12)18-24(3)56-39)26(5)34(27(6)38(48)58-30)59-31-20-41(9,52-14)36(47)28(7)57-31/h23-31,33-37,39,45-47,49-50H,15-22H2,1-14H3/b43-32+/t23-,24-,25+,26+,27-,28+,29+,30?,31+,33-,34?,35-,36+,37-,39+,40-,41-,42-/m1/s1. The number of nitrogens with zero attached hydrogens (tertiary/aromatic N) is 2. The summed E-state index contributed by atoms with van der Waals surface area (Å²) < 4.78 is 53.4. The second kappa shape index (κ2) is 22.8. The Balaban J connectivity index is 2.18. The minimum absolute atomic E-state index is 0.0481. The molecule has 18 nitrogen and oxygen atoms in total. The van der Waals surface area contributed by atoms with Crippen LogP contribution < -0.4 is 0 Å². The molecule has 3 aliphatic rings. The average Bonchev–Trinajstić information content (AvgIpc) is 3.18. The lowest BCUT2D eigenvalue weighted by Gasteiger charge is -2.49. The van der Waals surface area contributed by atoms with Crippen LogP contribution in [0, 0.1) is 23.7 Å². The van der Waals surface area contributed by atoms with Crippen LogP contribution in [-0.4, -0.2) is 181 Å². The molecule has 3 heterocycles. The monoisotopic (exact) mass is 867 g/mol. The summed E-state index contributed by atoms with van der Waals surface area (Å²) in [4.78, 5) is 21.8. The highest BCUT2D eigenvalue weighted by Crippen LogP contribution is 2.41. The van der Waals surface area contributed by atoms with E-state index in [0.717, 1.165) is 0 Å². The third-order valence-electron chi connectivity index (χ3n) is 12.8. The van der Waals surface area contributed by atoms with Gasteiger partial charge >= 0.3 is 5.97 Å². The lowest BCUT2D eigenvalue weighted by molar-refractivity contribution is -0.317. The average molecular weight is 867 g/mol. The van der Waals surface area contributed by atoms with Gasteiger partial charge in [-0.15, -0.1) is 0 Å². The quantitative estimate of drug-likeness (QED) is 0.0688. The first kappa shape index (κ1) is 52.7. The number of methoxy groups -OCH3 is 2. The minimum atomic E-state index is -1.98. The zero-order valence-corrected chi connectivity index (χ0v) is 38.4. The molecule has 0 saturated carbocycles. The second-order valence-corrected chi connectivity index (χ2v) is 18.1. The molecule has 18 heteroatoms. The molecule has 3 saturated heterocycles. The SMILES string of the molecule is CCC1OC(=O)[C@H](C)C(O[C@H]2C[C@@](C)(OC)[C@@H](O)[C@H](C)O2)[C@H](C)[C@@H](O[C@@H]2O[C@H](C)C[C@H](N(C)C)[C@H]2O)[C@](C)(O)C[C@@H](C)/C(=N\OCOCOCCOC)[C@H](C)[C@@H](O)[C@]1(C)O. The number of oxime groups is 1. The fraction of sp³-hybridized carbons (Fsp3) is 0.952. The Bertz CT molecular complexity index is 1340. The number of aliphatic hydroxyl groups excluding tert-OH is 3.